The second-order valence-electron chi connectivity index (χ2n) is 2.41. The van der Waals surface area contributed by atoms with Crippen LogP contribution in [0.1, 0.15) is 0 Å². The lowest BCUT2D eigenvalue weighted by Crippen LogP contribution is -2.21. The average Bonchev–Trinajstić information content (AvgIpc) is 2.01. The van der Waals surface area contributed by atoms with Crippen molar-refractivity contribution in [3.8, 4) is 0 Å². The molecule has 0 aliphatic heterocycles. The van der Waals surface area contributed by atoms with Crippen LogP contribution in [0.25, 0.3) is 0 Å². The molecule has 1 rings (SSSR count). The van der Waals surface area contributed by atoms with Gasteiger partial charge in [-0.1, -0.05) is 15.9 Å². The molecule has 1 aromatic carbocycles. The van der Waals surface area contributed by atoms with Gasteiger partial charge in [-0.05, 0) is 19.2 Å². The standard InChI is InChI=1S/C7H6BrF2NO2S/c1-11-14(12,13)7-5(9)2-4(8)3-6(7)10/h2-3,11H,1H3. The van der Waals surface area contributed by atoms with Gasteiger partial charge in [-0.3, -0.25) is 0 Å². The Morgan fingerprint density at radius 2 is 1.71 bits per heavy atom. The van der Waals surface area contributed by atoms with E-state index in [1.54, 1.807) is 0 Å². The third-order valence-electron chi connectivity index (χ3n) is 1.50. The molecule has 0 bridgehead atoms. The van der Waals surface area contributed by atoms with Gasteiger partial charge in [0.05, 0.1) is 0 Å². The fourth-order valence-corrected chi connectivity index (χ4v) is 2.13. The Balaban J connectivity index is 3.51. The smallest absolute Gasteiger partial charge is 0.214 e. The fraction of sp³-hybridized carbons (Fsp3) is 0.143. The Morgan fingerprint density at radius 3 is 2.07 bits per heavy atom. The van der Waals surface area contributed by atoms with Crippen LogP contribution in [0, 0.1) is 11.6 Å². The second kappa shape index (κ2) is 3.92. The van der Waals surface area contributed by atoms with Gasteiger partial charge in [-0.15, -0.1) is 0 Å². The lowest BCUT2D eigenvalue weighted by Gasteiger charge is -2.05. The highest BCUT2D eigenvalue weighted by atomic mass is 79.9. The molecule has 0 aliphatic rings. The van der Waals surface area contributed by atoms with E-state index in [1.807, 2.05) is 4.72 Å². The van der Waals surface area contributed by atoms with Crippen LogP contribution in [0.5, 0.6) is 0 Å². The van der Waals surface area contributed by atoms with Crippen molar-refractivity contribution in [3.05, 3.63) is 28.2 Å². The summed E-state index contributed by atoms with van der Waals surface area (Å²) in [7, 11) is -3.02. The topological polar surface area (TPSA) is 46.2 Å². The van der Waals surface area contributed by atoms with Crippen molar-refractivity contribution in [1.29, 1.82) is 0 Å². The molecule has 3 nitrogen and oxygen atoms in total. The SMILES string of the molecule is CNS(=O)(=O)c1c(F)cc(Br)cc1F. The number of benzene rings is 1. The number of rotatable bonds is 2. The van der Waals surface area contributed by atoms with E-state index < -0.39 is 26.6 Å². The maximum absolute atomic E-state index is 13.1. The minimum Gasteiger partial charge on any atom is -0.214 e. The summed E-state index contributed by atoms with van der Waals surface area (Å²) >= 11 is 2.84. The summed E-state index contributed by atoms with van der Waals surface area (Å²) in [5.41, 5.74) is 0. The van der Waals surface area contributed by atoms with Crippen LogP contribution in [-0.2, 0) is 10.0 Å². The van der Waals surface area contributed by atoms with Gasteiger partial charge in [-0.25, -0.2) is 21.9 Å². The average molecular weight is 286 g/mol. The molecule has 0 unspecified atom stereocenters. The minimum absolute atomic E-state index is 0.141. The lowest BCUT2D eigenvalue weighted by molar-refractivity contribution is 0.515. The van der Waals surface area contributed by atoms with E-state index in [9.17, 15) is 17.2 Å². The van der Waals surface area contributed by atoms with Crippen molar-refractivity contribution in [2.75, 3.05) is 7.05 Å². The molecule has 0 atom stereocenters. The number of hydrogen-bond donors (Lipinski definition) is 1. The van der Waals surface area contributed by atoms with Gasteiger partial charge in [0.25, 0.3) is 0 Å². The van der Waals surface area contributed by atoms with E-state index in [4.69, 9.17) is 0 Å². The largest absolute Gasteiger partial charge is 0.246 e. The molecule has 0 amide bonds. The number of nitrogens with one attached hydrogen (secondary N) is 1. The van der Waals surface area contributed by atoms with Crippen molar-refractivity contribution in [2.24, 2.45) is 0 Å². The van der Waals surface area contributed by atoms with Crippen molar-refractivity contribution in [2.45, 2.75) is 4.90 Å². The number of halogens is 3. The molecule has 0 aromatic heterocycles. The van der Waals surface area contributed by atoms with E-state index in [-0.39, 0.29) is 4.47 Å². The Kier molecular flexibility index (Phi) is 3.23. The summed E-state index contributed by atoms with van der Waals surface area (Å²) < 4.78 is 50.5. The van der Waals surface area contributed by atoms with E-state index in [1.165, 1.54) is 0 Å². The van der Waals surface area contributed by atoms with Gasteiger partial charge < -0.3 is 0 Å². The van der Waals surface area contributed by atoms with Gasteiger partial charge in [0.15, 0.2) is 4.90 Å². The molecule has 0 saturated heterocycles. The van der Waals surface area contributed by atoms with Crippen molar-refractivity contribution >= 4 is 26.0 Å². The third-order valence-corrected chi connectivity index (χ3v) is 3.42. The van der Waals surface area contributed by atoms with Crippen LogP contribution in [0.3, 0.4) is 0 Å². The van der Waals surface area contributed by atoms with Crippen LogP contribution >= 0.6 is 15.9 Å². The highest BCUT2D eigenvalue weighted by Gasteiger charge is 2.22. The van der Waals surface area contributed by atoms with Crippen LogP contribution in [0.2, 0.25) is 0 Å². The third kappa shape index (κ3) is 2.10. The van der Waals surface area contributed by atoms with E-state index >= 15 is 0 Å². The first kappa shape index (κ1) is 11.5. The molecule has 0 spiro atoms. The summed E-state index contributed by atoms with van der Waals surface area (Å²) in [6, 6.07) is 1.76. The highest BCUT2D eigenvalue weighted by molar-refractivity contribution is 9.10. The van der Waals surface area contributed by atoms with E-state index in [0.29, 0.717) is 0 Å². The predicted octanol–water partition coefficient (Wildman–Crippen LogP) is 1.64. The van der Waals surface area contributed by atoms with Crippen molar-refractivity contribution in [1.82, 2.24) is 4.72 Å². The van der Waals surface area contributed by atoms with Gasteiger partial charge in [0.2, 0.25) is 10.0 Å². The number of sulfonamides is 1. The van der Waals surface area contributed by atoms with Gasteiger partial charge in [-0.2, -0.15) is 0 Å². The lowest BCUT2D eigenvalue weighted by atomic mass is 10.3. The van der Waals surface area contributed by atoms with Gasteiger partial charge in [0.1, 0.15) is 11.6 Å². The Morgan fingerprint density at radius 1 is 1.29 bits per heavy atom. The second-order valence-corrected chi connectivity index (χ2v) is 5.15. The molecule has 0 fully saturated rings. The zero-order valence-electron chi connectivity index (χ0n) is 7.01. The Hall–Kier alpha value is -0.530. The molecule has 14 heavy (non-hydrogen) atoms. The Labute approximate surface area is 88.3 Å². The molecule has 0 aliphatic carbocycles. The molecule has 0 heterocycles. The van der Waals surface area contributed by atoms with E-state index in [2.05, 4.69) is 15.9 Å². The van der Waals surface area contributed by atoms with Crippen LogP contribution in [0.15, 0.2) is 21.5 Å². The molecule has 78 valence electrons. The Bertz CT molecular complexity index is 438. The number of hydrogen-bond acceptors (Lipinski definition) is 2. The van der Waals surface area contributed by atoms with E-state index in [0.717, 1.165) is 19.2 Å². The molecular formula is C7H6BrF2NO2S. The maximum atomic E-state index is 13.1. The maximum Gasteiger partial charge on any atom is 0.246 e. The first-order valence-electron chi connectivity index (χ1n) is 3.46. The van der Waals surface area contributed by atoms with Crippen LogP contribution in [0.4, 0.5) is 8.78 Å². The van der Waals surface area contributed by atoms with Crippen LogP contribution < -0.4 is 4.72 Å². The van der Waals surface area contributed by atoms with Gasteiger partial charge >= 0.3 is 0 Å². The highest BCUT2D eigenvalue weighted by Crippen LogP contribution is 2.22. The first-order valence-corrected chi connectivity index (χ1v) is 5.74. The summed E-state index contributed by atoms with van der Waals surface area (Å²) in [5.74, 6) is -2.27. The molecule has 0 radical (unpaired) electrons. The summed E-state index contributed by atoms with van der Waals surface area (Å²) in [6.07, 6.45) is 0. The molecular weight excluding hydrogens is 280 g/mol. The zero-order valence-corrected chi connectivity index (χ0v) is 9.42. The molecule has 1 aromatic rings. The predicted molar refractivity (Wildman–Crippen MR) is 50.3 cm³/mol. The zero-order chi connectivity index (χ0) is 10.9. The minimum atomic E-state index is -4.10. The summed E-state index contributed by atoms with van der Waals surface area (Å²) in [6.45, 7) is 0. The normalized spacial score (nSPS) is 11.7. The monoisotopic (exact) mass is 285 g/mol. The van der Waals surface area contributed by atoms with Crippen molar-refractivity contribution in [3.63, 3.8) is 0 Å². The fourth-order valence-electron chi connectivity index (χ4n) is 0.888. The quantitative estimate of drug-likeness (QED) is 0.898. The molecule has 1 N–H and O–H groups in total. The van der Waals surface area contributed by atoms with Crippen molar-refractivity contribution < 1.29 is 17.2 Å². The first-order chi connectivity index (χ1) is 6.38. The summed E-state index contributed by atoms with van der Waals surface area (Å²) in [5, 5.41) is 0. The molecule has 7 heteroatoms. The van der Waals surface area contributed by atoms with Crippen LogP contribution in [-0.4, -0.2) is 15.5 Å². The summed E-state index contributed by atoms with van der Waals surface area (Å²) in [4.78, 5) is -0.969. The van der Waals surface area contributed by atoms with Gasteiger partial charge in [0, 0.05) is 4.47 Å². The molecule has 0 saturated carbocycles.